The van der Waals surface area contributed by atoms with E-state index in [0.717, 1.165) is 49.4 Å². The number of carbonyl (C=O) groups excluding carboxylic acids is 1. The summed E-state index contributed by atoms with van der Waals surface area (Å²) in [6.07, 6.45) is 14.4. The zero-order chi connectivity index (χ0) is 19.1. The highest BCUT2D eigenvalue weighted by Crippen LogP contribution is 2.40. The Bertz CT molecular complexity index is 988. The average Bonchev–Trinajstić information content (AvgIpc) is 3.41. The Morgan fingerprint density at radius 3 is 3.04 bits per heavy atom. The number of nitrogens with one attached hydrogen (secondary N) is 2. The Morgan fingerprint density at radius 1 is 1.29 bits per heavy atom. The largest absolute Gasteiger partial charge is 0.344 e. The van der Waals surface area contributed by atoms with Crippen LogP contribution in [0.4, 0.5) is 5.82 Å². The standard InChI is InChI=1S/C22H23N5O/c1-14-2-4-16-6-15(9-23-22(16)26-14)3-5-21(28)27-12-18-7-17(8-19(18)13-27)20-10-24-25-11-20/h3,5-7,9-11,18-19H,1-2,4,8,12-13H2,(H,23,26)(H,24,25)/b5-3+. The van der Waals surface area contributed by atoms with Gasteiger partial charge in [0.05, 0.1) is 6.20 Å². The maximum Gasteiger partial charge on any atom is 0.246 e. The van der Waals surface area contributed by atoms with E-state index < -0.39 is 0 Å². The Labute approximate surface area is 164 Å². The third-order valence-electron chi connectivity index (χ3n) is 5.97. The van der Waals surface area contributed by atoms with Crippen molar-refractivity contribution in [3.63, 3.8) is 0 Å². The lowest BCUT2D eigenvalue weighted by atomic mass is 9.99. The molecule has 0 aromatic carbocycles. The Kier molecular flexibility index (Phi) is 4.11. The van der Waals surface area contributed by atoms with Crippen LogP contribution in [0.15, 0.2) is 49.1 Å². The van der Waals surface area contributed by atoms with Gasteiger partial charge in [-0.05, 0) is 59.9 Å². The quantitative estimate of drug-likeness (QED) is 0.810. The molecule has 1 saturated heterocycles. The summed E-state index contributed by atoms with van der Waals surface area (Å²) in [7, 11) is 0. The van der Waals surface area contributed by atoms with Crippen LogP contribution in [0, 0.1) is 11.8 Å². The molecule has 2 atom stereocenters. The number of amides is 1. The van der Waals surface area contributed by atoms with E-state index in [2.05, 4.69) is 39.2 Å². The zero-order valence-corrected chi connectivity index (χ0v) is 15.7. The average molecular weight is 373 g/mol. The molecule has 2 unspecified atom stereocenters. The van der Waals surface area contributed by atoms with Crippen molar-refractivity contribution in [1.82, 2.24) is 20.1 Å². The highest BCUT2D eigenvalue weighted by Gasteiger charge is 2.37. The van der Waals surface area contributed by atoms with Gasteiger partial charge in [0.15, 0.2) is 0 Å². The number of likely N-dealkylation sites (tertiary alicyclic amines) is 1. The van der Waals surface area contributed by atoms with Gasteiger partial charge in [0, 0.05) is 42.8 Å². The number of hydrogen-bond donors (Lipinski definition) is 2. The number of rotatable bonds is 3. The highest BCUT2D eigenvalue weighted by atomic mass is 16.2. The summed E-state index contributed by atoms with van der Waals surface area (Å²) in [5, 5.41) is 10.1. The molecule has 1 fully saturated rings. The SMILES string of the molecule is C=C1CCc2cc(/C=C/C(=O)N3CC4C=C(c5cn[nH]c5)CC4C3)cnc2N1. The van der Waals surface area contributed by atoms with Crippen LogP contribution in [0.3, 0.4) is 0 Å². The number of fused-ring (bicyclic) bond motifs is 2. The number of allylic oxidation sites excluding steroid dienone is 2. The molecule has 5 rings (SSSR count). The summed E-state index contributed by atoms with van der Waals surface area (Å²) in [4.78, 5) is 19.1. The number of nitrogens with zero attached hydrogens (tertiary/aromatic N) is 3. The summed E-state index contributed by atoms with van der Waals surface area (Å²) in [5.74, 6) is 1.93. The molecule has 0 saturated carbocycles. The number of anilines is 1. The number of aryl methyl sites for hydroxylation is 1. The van der Waals surface area contributed by atoms with E-state index in [0.29, 0.717) is 11.8 Å². The van der Waals surface area contributed by atoms with E-state index >= 15 is 0 Å². The molecule has 3 aliphatic rings. The van der Waals surface area contributed by atoms with E-state index in [1.807, 2.05) is 23.4 Å². The summed E-state index contributed by atoms with van der Waals surface area (Å²) < 4.78 is 0. The van der Waals surface area contributed by atoms with Crippen LogP contribution < -0.4 is 5.32 Å². The zero-order valence-electron chi connectivity index (χ0n) is 15.7. The first-order valence-electron chi connectivity index (χ1n) is 9.76. The van der Waals surface area contributed by atoms with Gasteiger partial charge in [-0.25, -0.2) is 4.98 Å². The minimum absolute atomic E-state index is 0.0804. The second-order valence-electron chi connectivity index (χ2n) is 7.89. The van der Waals surface area contributed by atoms with Crippen LogP contribution in [0.25, 0.3) is 11.6 Å². The maximum atomic E-state index is 12.7. The Hall–Kier alpha value is -3.15. The van der Waals surface area contributed by atoms with Crippen LogP contribution in [0.1, 0.15) is 29.5 Å². The minimum Gasteiger partial charge on any atom is -0.344 e. The molecule has 2 aromatic heterocycles. The number of aromatic amines is 1. The van der Waals surface area contributed by atoms with Crippen LogP contribution in [-0.4, -0.2) is 39.1 Å². The molecular weight excluding hydrogens is 350 g/mol. The molecular formula is C22H23N5O. The normalized spacial score (nSPS) is 23.5. The maximum absolute atomic E-state index is 12.7. The smallest absolute Gasteiger partial charge is 0.246 e. The molecule has 0 spiro atoms. The van der Waals surface area contributed by atoms with Crippen molar-refractivity contribution in [3.8, 4) is 0 Å². The second-order valence-corrected chi connectivity index (χ2v) is 7.89. The van der Waals surface area contributed by atoms with Gasteiger partial charge in [-0.1, -0.05) is 12.7 Å². The number of hydrogen-bond acceptors (Lipinski definition) is 4. The third-order valence-corrected chi connectivity index (χ3v) is 5.97. The number of aromatic nitrogens is 3. The summed E-state index contributed by atoms with van der Waals surface area (Å²) >= 11 is 0. The van der Waals surface area contributed by atoms with E-state index in [4.69, 9.17) is 0 Å². The van der Waals surface area contributed by atoms with Crippen molar-refractivity contribution < 1.29 is 4.79 Å². The van der Waals surface area contributed by atoms with Gasteiger partial charge in [0.1, 0.15) is 5.82 Å². The monoisotopic (exact) mass is 373 g/mol. The topological polar surface area (TPSA) is 73.9 Å². The lowest BCUT2D eigenvalue weighted by Gasteiger charge is -2.19. The molecule has 2 aliphatic heterocycles. The van der Waals surface area contributed by atoms with Crippen LogP contribution in [-0.2, 0) is 11.2 Å². The van der Waals surface area contributed by atoms with E-state index in [1.54, 1.807) is 12.3 Å². The first kappa shape index (κ1) is 17.0. The highest BCUT2D eigenvalue weighted by molar-refractivity contribution is 5.92. The predicted octanol–water partition coefficient (Wildman–Crippen LogP) is 3.25. The molecule has 0 radical (unpaired) electrons. The fourth-order valence-corrected chi connectivity index (χ4v) is 4.44. The first-order chi connectivity index (χ1) is 13.7. The third kappa shape index (κ3) is 3.15. The summed E-state index contributed by atoms with van der Waals surface area (Å²) in [5.41, 5.74) is 5.66. The van der Waals surface area contributed by atoms with Crippen molar-refractivity contribution in [2.45, 2.75) is 19.3 Å². The molecule has 2 aromatic rings. The van der Waals surface area contributed by atoms with Gasteiger partial charge in [0.2, 0.25) is 5.91 Å². The van der Waals surface area contributed by atoms with Gasteiger partial charge >= 0.3 is 0 Å². The number of H-pyrrole nitrogens is 1. The van der Waals surface area contributed by atoms with Crippen molar-refractivity contribution in [2.75, 3.05) is 18.4 Å². The summed E-state index contributed by atoms with van der Waals surface area (Å²) in [6, 6.07) is 2.10. The molecule has 1 amide bonds. The predicted molar refractivity (Wildman–Crippen MR) is 109 cm³/mol. The Morgan fingerprint density at radius 2 is 2.21 bits per heavy atom. The van der Waals surface area contributed by atoms with Crippen molar-refractivity contribution >= 4 is 23.4 Å². The van der Waals surface area contributed by atoms with Crippen molar-refractivity contribution in [2.24, 2.45) is 11.8 Å². The molecule has 28 heavy (non-hydrogen) atoms. The van der Waals surface area contributed by atoms with Crippen molar-refractivity contribution in [1.29, 1.82) is 0 Å². The van der Waals surface area contributed by atoms with E-state index in [-0.39, 0.29) is 5.91 Å². The molecule has 2 N–H and O–H groups in total. The summed E-state index contributed by atoms with van der Waals surface area (Å²) in [6.45, 7) is 5.57. The molecule has 142 valence electrons. The molecule has 6 heteroatoms. The van der Waals surface area contributed by atoms with Gasteiger partial charge < -0.3 is 10.2 Å². The van der Waals surface area contributed by atoms with Crippen LogP contribution >= 0.6 is 0 Å². The second kappa shape index (κ2) is 6.78. The first-order valence-corrected chi connectivity index (χ1v) is 9.76. The number of carbonyl (C=O) groups is 1. The van der Waals surface area contributed by atoms with Crippen LogP contribution in [0.2, 0.25) is 0 Å². The Balaban J connectivity index is 1.23. The van der Waals surface area contributed by atoms with Crippen LogP contribution in [0.5, 0.6) is 0 Å². The van der Waals surface area contributed by atoms with Gasteiger partial charge in [-0.15, -0.1) is 0 Å². The lowest BCUT2D eigenvalue weighted by Crippen LogP contribution is -2.27. The van der Waals surface area contributed by atoms with Gasteiger partial charge in [-0.3, -0.25) is 9.89 Å². The van der Waals surface area contributed by atoms with Gasteiger partial charge in [-0.2, -0.15) is 5.10 Å². The van der Waals surface area contributed by atoms with Crippen molar-refractivity contribution in [3.05, 3.63) is 65.8 Å². The lowest BCUT2D eigenvalue weighted by molar-refractivity contribution is -0.125. The fourth-order valence-electron chi connectivity index (χ4n) is 4.44. The minimum atomic E-state index is 0.0804. The molecule has 0 bridgehead atoms. The number of pyridine rings is 1. The molecule has 1 aliphatic carbocycles. The van der Waals surface area contributed by atoms with Gasteiger partial charge in [0.25, 0.3) is 0 Å². The fraction of sp³-hybridized carbons (Fsp3) is 0.318. The van der Waals surface area contributed by atoms with E-state index in [1.165, 1.54) is 16.7 Å². The molecule has 6 nitrogen and oxygen atoms in total. The van der Waals surface area contributed by atoms with E-state index in [9.17, 15) is 4.79 Å². The molecule has 4 heterocycles.